The molecule has 2 fully saturated rings. The Bertz CT molecular complexity index is 1130. The summed E-state index contributed by atoms with van der Waals surface area (Å²) in [5.41, 5.74) is 3.62. The highest BCUT2D eigenvalue weighted by atomic mass is 16.2. The number of pyridine rings is 1. The summed E-state index contributed by atoms with van der Waals surface area (Å²) in [5.74, 6) is 0.0533. The summed E-state index contributed by atoms with van der Waals surface area (Å²) >= 11 is 0. The van der Waals surface area contributed by atoms with Crippen molar-refractivity contribution in [3.8, 4) is 0 Å². The first-order valence-electron chi connectivity index (χ1n) is 11.4. The molecule has 0 spiro atoms. The van der Waals surface area contributed by atoms with Crippen molar-refractivity contribution in [1.29, 1.82) is 0 Å². The highest BCUT2D eigenvalue weighted by Crippen LogP contribution is 2.27. The number of amides is 2. The van der Waals surface area contributed by atoms with Crippen LogP contribution in [0.3, 0.4) is 0 Å². The van der Waals surface area contributed by atoms with Crippen molar-refractivity contribution in [2.45, 2.75) is 57.4 Å². The number of nitrogens with zero attached hydrogens (tertiary/aromatic N) is 5. The minimum Gasteiger partial charge on any atom is -0.349 e. The monoisotopic (exact) mass is 432 g/mol. The van der Waals surface area contributed by atoms with Crippen LogP contribution >= 0.6 is 0 Å². The SMILES string of the molecule is Cc1cnc2c(C(=O)N3CCCC(c4ccc(C(=O)NC5CCCC5)cn4)C3)cnn2c1. The number of aryl methyl sites for hydroxylation is 1. The van der Waals surface area contributed by atoms with Gasteiger partial charge in [0.1, 0.15) is 5.56 Å². The van der Waals surface area contributed by atoms with Crippen molar-refractivity contribution in [2.24, 2.45) is 0 Å². The third-order valence-corrected chi connectivity index (χ3v) is 6.58. The average molecular weight is 433 g/mol. The lowest BCUT2D eigenvalue weighted by Crippen LogP contribution is -2.39. The third kappa shape index (κ3) is 4.09. The number of hydrogen-bond acceptors (Lipinski definition) is 5. The van der Waals surface area contributed by atoms with Gasteiger partial charge in [-0.2, -0.15) is 5.10 Å². The van der Waals surface area contributed by atoms with E-state index in [1.807, 2.05) is 30.2 Å². The molecule has 5 rings (SSSR count). The second-order valence-corrected chi connectivity index (χ2v) is 8.97. The summed E-state index contributed by atoms with van der Waals surface area (Å²) in [5, 5.41) is 7.40. The molecular weight excluding hydrogens is 404 g/mol. The molecule has 1 saturated heterocycles. The molecule has 2 amide bonds. The molecule has 0 radical (unpaired) electrons. The maximum atomic E-state index is 13.2. The van der Waals surface area contributed by atoms with Crippen LogP contribution in [0.25, 0.3) is 5.65 Å². The van der Waals surface area contributed by atoms with Crippen molar-refractivity contribution in [3.05, 3.63) is 59.3 Å². The Morgan fingerprint density at radius 1 is 1.03 bits per heavy atom. The van der Waals surface area contributed by atoms with Gasteiger partial charge < -0.3 is 10.2 Å². The van der Waals surface area contributed by atoms with Crippen LogP contribution in [-0.2, 0) is 0 Å². The molecule has 166 valence electrons. The van der Waals surface area contributed by atoms with E-state index in [2.05, 4.69) is 20.4 Å². The van der Waals surface area contributed by atoms with Crippen LogP contribution < -0.4 is 5.32 Å². The Balaban J connectivity index is 1.27. The van der Waals surface area contributed by atoms with Gasteiger partial charge in [0.2, 0.25) is 0 Å². The molecule has 1 aliphatic carbocycles. The minimum atomic E-state index is -0.0489. The second kappa shape index (κ2) is 8.68. The molecule has 0 aromatic carbocycles. The second-order valence-electron chi connectivity index (χ2n) is 8.97. The zero-order valence-electron chi connectivity index (χ0n) is 18.3. The fourth-order valence-electron chi connectivity index (χ4n) is 4.81. The van der Waals surface area contributed by atoms with Gasteiger partial charge in [-0.15, -0.1) is 0 Å². The maximum absolute atomic E-state index is 13.2. The lowest BCUT2D eigenvalue weighted by Gasteiger charge is -2.32. The summed E-state index contributed by atoms with van der Waals surface area (Å²) in [4.78, 5) is 36.5. The standard InChI is InChI=1S/C24H28N6O2/c1-16-11-26-22-20(13-27-30(22)14-16)24(32)29-10-4-5-18(15-29)21-9-8-17(12-25-21)23(31)28-19-6-2-3-7-19/h8-9,11-14,18-19H,2-7,10,15H2,1H3,(H,28,31). The predicted molar refractivity (Wildman–Crippen MR) is 120 cm³/mol. The van der Waals surface area contributed by atoms with Gasteiger partial charge in [0.25, 0.3) is 11.8 Å². The highest BCUT2D eigenvalue weighted by molar-refractivity contribution is 5.99. The van der Waals surface area contributed by atoms with Crippen molar-refractivity contribution in [2.75, 3.05) is 13.1 Å². The van der Waals surface area contributed by atoms with Crippen molar-refractivity contribution >= 4 is 17.5 Å². The first-order valence-corrected chi connectivity index (χ1v) is 11.4. The lowest BCUT2D eigenvalue weighted by molar-refractivity contribution is 0.0707. The van der Waals surface area contributed by atoms with Crippen LogP contribution in [-0.4, -0.2) is 55.4 Å². The number of likely N-dealkylation sites (tertiary alicyclic amines) is 1. The quantitative estimate of drug-likeness (QED) is 0.684. The zero-order chi connectivity index (χ0) is 22.1. The summed E-state index contributed by atoms with van der Waals surface area (Å²) in [6, 6.07) is 4.07. The molecular formula is C24H28N6O2. The van der Waals surface area contributed by atoms with Gasteiger partial charge in [0.05, 0.1) is 11.8 Å². The number of piperidine rings is 1. The van der Waals surface area contributed by atoms with E-state index in [0.29, 0.717) is 35.9 Å². The van der Waals surface area contributed by atoms with E-state index in [1.165, 1.54) is 12.8 Å². The van der Waals surface area contributed by atoms with Crippen LogP contribution in [0.4, 0.5) is 0 Å². The van der Waals surface area contributed by atoms with Crippen molar-refractivity contribution < 1.29 is 9.59 Å². The number of nitrogens with one attached hydrogen (secondary N) is 1. The van der Waals surface area contributed by atoms with Crippen LogP contribution in [0, 0.1) is 6.92 Å². The highest BCUT2D eigenvalue weighted by Gasteiger charge is 2.28. The Hall–Kier alpha value is -3.29. The minimum absolute atomic E-state index is 0.0476. The predicted octanol–water partition coefficient (Wildman–Crippen LogP) is 3.12. The smallest absolute Gasteiger partial charge is 0.259 e. The summed E-state index contributed by atoms with van der Waals surface area (Å²) < 4.78 is 1.65. The average Bonchev–Trinajstić information content (AvgIpc) is 3.48. The first-order chi connectivity index (χ1) is 15.6. The van der Waals surface area contributed by atoms with Gasteiger partial charge in [-0.3, -0.25) is 14.6 Å². The number of aromatic nitrogens is 4. The number of hydrogen-bond donors (Lipinski definition) is 1. The van der Waals surface area contributed by atoms with E-state index < -0.39 is 0 Å². The van der Waals surface area contributed by atoms with Crippen LogP contribution in [0.15, 0.2) is 36.9 Å². The summed E-state index contributed by atoms with van der Waals surface area (Å²) in [6.45, 7) is 3.25. The van der Waals surface area contributed by atoms with E-state index in [0.717, 1.165) is 36.9 Å². The molecule has 3 aromatic heterocycles. The molecule has 1 N–H and O–H groups in total. The number of carbonyl (C=O) groups excluding carboxylic acids is 2. The van der Waals surface area contributed by atoms with Crippen LogP contribution in [0.1, 0.15) is 76.4 Å². The number of carbonyl (C=O) groups is 2. The number of fused-ring (bicyclic) bond motifs is 1. The molecule has 1 unspecified atom stereocenters. The van der Waals surface area contributed by atoms with Crippen molar-refractivity contribution in [1.82, 2.24) is 29.8 Å². The van der Waals surface area contributed by atoms with Gasteiger partial charge in [0, 0.05) is 49.3 Å². The van der Waals surface area contributed by atoms with Gasteiger partial charge in [-0.25, -0.2) is 9.50 Å². The fraction of sp³-hybridized carbons (Fsp3) is 0.458. The Labute approximate surface area is 187 Å². The van der Waals surface area contributed by atoms with Gasteiger partial charge in [-0.05, 0) is 50.3 Å². The normalized spacial score (nSPS) is 19.4. The van der Waals surface area contributed by atoms with E-state index in [9.17, 15) is 9.59 Å². The van der Waals surface area contributed by atoms with Gasteiger partial charge in [0.15, 0.2) is 5.65 Å². The molecule has 1 aliphatic heterocycles. The molecule has 0 bridgehead atoms. The zero-order valence-corrected chi connectivity index (χ0v) is 18.3. The van der Waals surface area contributed by atoms with E-state index in [1.54, 1.807) is 23.1 Å². The molecule has 4 heterocycles. The van der Waals surface area contributed by atoms with E-state index in [4.69, 9.17) is 0 Å². The van der Waals surface area contributed by atoms with Gasteiger partial charge >= 0.3 is 0 Å². The fourth-order valence-corrected chi connectivity index (χ4v) is 4.81. The topological polar surface area (TPSA) is 92.5 Å². The van der Waals surface area contributed by atoms with Gasteiger partial charge in [-0.1, -0.05) is 12.8 Å². The molecule has 2 aliphatic rings. The van der Waals surface area contributed by atoms with E-state index in [-0.39, 0.29) is 17.7 Å². The molecule has 32 heavy (non-hydrogen) atoms. The Morgan fingerprint density at radius 2 is 1.88 bits per heavy atom. The molecule has 3 aromatic rings. The molecule has 8 nitrogen and oxygen atoms in total. The maximum Gasteiger partial charge on any atom is 0.259 e. The van der Waals surface area contributed by atoms with Crippen LogP contribution in [0.2, 0.25) is 0 Å². The summed E-state index contributed by atoms with van der Waals surface area (Å²) in [6.07, 6.45) is 13.3. The molecule has 1 saturated carbocycles. The largest absolute Gasteiger partial charge is 0.349 e. The Kier molecular flexibility index (Phi) is 5.59. The van der Waals surface area contributed by atoms with E-state index >= 15 is 0 Å². The summed E-state index contributed by atoms with van der Waals surface area (Å²) in [7, 11) is 0. The molecule has 8 heteroatoms. The van der Waals surface area contributed by atoms with Crippen LogP contribution in [0.5, 0.6) is 0 Å². The first kappa shape index (κ1) is 20.6. The third-order valence-electron chi connectivity index (χ3n) is 6.58. The Morgan fingerprint density at radius 3 is 2.66 bits per heavy atom. The lowest BCUT2D eigenvalue weighted by atomic mass is 9.93. The number of rotatable bonds is 4. The molecule has 1 atom stereocenters. The van der Waals surface area contributed by atoms with Crippen molar-refractivity contribution in [3.63, 3.8) is 0 Å².